The number of benzene rings is 3. The smallest absolute Gasteiger partial charge is 0.341 e. The Hall–Kier alpha value is -3.81. The van der Waals surface area contributed by atoms with E-state index in [1.807, 2.05) is 30.3 Å². The lowest BCUT2D eigenvalue weighted by atomic mass is 9.72. The van der Waals surface area contributed by atoms with Crippen LogP contribution in [0.4, 0.5) is 10.1 Å². The van der Waals surface area contributed by atoms with Crippen LogP contribution in [-0.2, 0) is 4.74 Å². The van der Waals surface area contributed by atoms with E-state index in [2.05, 4.69) is 40.8 Å². The SMILES string of the molecule is COC(=O)c1ccc(N2CCN(CCC3=C(c4ccc(Cl)cc4)CC(C)(C)CC3)CC2)cc1Oc1cc2cc[nH]c2cc1F. The highest BCUT2D eigenvalue weighted by Gasteiger charge is 2.28. The summed E-state index contributed by atoms with van der Waals surface area (Å²) >= 11 is 6.19. The molecule has 0 radical (unpaired) electrons. The molecule has 6 nitrogen and oxygen atoms in total. The standard InChI is InChI=1S/C36H39ClFN3O3/c1-36(2)13-10-25(30(23-36)24-4-6-27(37)7-5-24)12-15-40-16-18-41(19-17-40)28-8-9-29(35(42)43-3)33(21-28)44-34-20-26-11-14-39-32(26)22-31(34)38/h4-9,11,14,20-22,39H,10,12-13,15-19,23H2,1-3H3. The van der Waals surface area contributed by atoms with Gasteiger partial charge in [-0.05, 0) is 78.6 Å². The highest BCUT2D eigenvalue weighted by atomic mass is 35.5. The summed E-state index contributed by atoms with van der Waals surface area (Å²) in [7, 11) is 1.33. The Morgan fingerprint density at radius 1 is 1.00 bits per heavy atom. The molecule has 0 unspecified atom stereocenters. The number of fused-ring (bicyclic) bond motifs is 1. The minimum Gasteiger partial charge on any atom is -0.465 e. The Balaban J connectivity index is 1.14. The number of nitrogens with zero attached hydrogens (tertiary/aromatic N) is 2. The molecule has 2 aliphatic rings. The summed E-state index contributed by atoms with van der Waals surface area (Å²) in [5.41, 5.74) is 6.52. The number of carbonyl (C=O) groups excluding carboxylic acids is 1. The molecule has 0 amide bonds. The number of aromatic amines is 1. The Labute approximate surface area is 263 Å². The van der Waals surface area contributed by atoms with Crippen LogP contribution in [-0.4, -0.2) is 55.7 Å². The topological polar surface area (TPSA) is 57.8 Å². The first-order valence-electron chi connectivity index (χ1n) is 15.3. The second-order valence-corrected chi connectivity index (χ2v) is 13.1. The fourth-order valence-corrected chi connectivity index (χ4v) is 6.53. The lowest BCUT2D eigenvalue weighted by Crippen LogP contribution is -2.46. The number of methoxy groups -OCH3 is 1. The maximum Gasteiger partial charge on any atom is 0.341 e. The molecule has 0 saturated carbocycles. The van der Waals surface area contributed by atoms with Gasteiger partial charge in [0.05, 0.1) is 7.11 Å². The summed E-state index contributed by atoms with van der Waals surface area (Å²) < 4.78 is 25.9. The molecule has 1 saturated heterocycles. The van der Waals surface area contributed by atoms with Crippen molar-refractivity contribution in [3.8, 4) is 11.5 Å². The second-order valence-electron chi connectivity index (χ2n) is 12.6. The number of anilines is 1. The van der Waals surface area contributed by atoms with Crippen molar-refractivity contribution in [3.05, 3.63) is 94.4 Å². The number of hydrogen-bond donors (Lipinski definition) is 1. The summed E-state index contributed by atoms with van der Waals surface area (Å²) in [4.78, 5) is 20.4. The van der Waals surface area contributed by atoms with E-state index in [0.29, 0.717) is 10.9 Å². The summed E-state index contributed by atoms with van der Waals surface area (Å²) in [5.74, 6) is -0.710. The van der Waals surface area contributed by atoms with Crippen molar-refractivity contribution < 1.29 is 18.7 Å². The number of aromatic nitrogens is 1. The largest absolute Gasteiger partial charge is 0.465 e. The Morgan fingerprint density at radius 2 is 1.77 bits per heavy atom. The van der Waals surface area contributed by atoms with Gasteiger partial charge in [0.25, 0.3) is 0 Å². The van der Waals surface area contributed by atoms with Crippen LogP contribution in [0.3, 0.4) is 0 Å². The number of nitrogens with one attached hydrogen (secondary N) is 1. The summed E-state index contributed by atoms with van der Waals surface area (Å²) in [6.07, 6.45) is 6.25. The number of halogens is 2. The molecular weight excluding hydrogens is 577 g/mol. The van der Waals surface area contributed by atoms with Crippen LogP contribution in [0.2, 0.25) is 5.02 Å². The third kappa shape index (κ3) is 6.64. The molecule has 1 aromatic heterocycles. The number of hydrogen-bond acceptors (Lipinski definition) is 5. The lowest BCUT2D eigenvalue weighted by molar-refractivity contribution is 0.0598. The van der Waals surface area contributed by atoms with Crippen molar-refractivity contribution >= 4 is 39.7 Å². The maximum absolute atomic E-state index is 14.9. The van der Waals surface area contributed by atoms with E-state index in [4.69, 9.17) is 21.1 Å². The summed E-state index contributed by atoms with van der Waals surface area (Å²) in [6.45, 7) is 9.31. The fourth-order valence-electron chi connectivity index (χ4n) is 6.41. The second kappa shape index (κ2) is 12.7. The highest BCUT2D eigenvalue weighted by molar-refractivity contribution is 6.30. The van der Waals surface area contributed by atoms with Gasteiger partial charge in [-0.2, -0.15) is 0 Å². The minimum absolute atomic E-state index is 0.0580. The van der Waals surface area contributed by atoms with Gasteiger partial charge in [0.2, 0.25) is 0 Å². The van der Waals surface area contributed by atoms with Crippen LogP contribution in [0, 0.1) is 11.2 Å². The molecule has 2 heterocycles. The van der Waals surface area contributed by atoms with Crippen molar-refractivity contribution in [1.82, 2.24) is 9.88 Å². The molecule has 1 fully saturated rings. The maximum atomic E-state index is 14.9. The predicted octanol–water partition coefficient (Wildman–Crippen LogP) is 8.72. The van der Waals surface area contributed by atoms with Crippen LogP contribution < -0.4 is 9.64 Å². The van der Waals surface area contributed by atoms with Gasteiger partial charge in [0.15, 0.2) is 11.6 Å². The number of ether oxygens (including phenoxy) is 2. The van der Waals surface area contributed by atoms with Gasteiger partial charge in [-0.15, -0.1) is 0 Å². The number of piperazine rings is 1. The van der Waals surface area contributed by atoms with Gasteiger partial charge in [-0.1, -0.05) is 43.2 Å². The molecule has 4 aromatic rings. The van der Waals surface area contributed by atoms with E-state index in [0.717, 1.165) is 68.1 Å². The van der Waals surface area contributed by atoms with Crippen molar-refractivity contribution in [2.45, 2.75) is 39.5 Å². The van der Waals surface area contributed by atoms with Crippen LogP contribution in [0.25, 0.3) is 16.5 Å². The Morgan fingerprint density at radius 3 is 2.52 bits per heavy atom. The predicted molar refractivity (Wildman–Crippen MR) is 175 cm³/mol. The Bertz CT molecular complexity index is 1690. The van der Waals surface area contributed by atoms with Crippen LogP contribution in [0.5, 0.6) is 11.5 Å². The van der Waals surface area contributed by atoms with E-state index < -0.39 is 11.8 Å². The lowest BCUT2D eigenvalue weighted by Gasteiger charge is -2.38. The molecule has 0 atom stereocenters. The zero-order valence-corrected chi connectivity index (χ0v) is 26.3. The zero-order chi connectivity index (χ0) is 30.8. The normalized spacial score (nSPS) is 17.2. The van der Waals surface area contributed by atoms with Crippen molar-refractivity contribution in [2.75, 3.05) is 44.7 Å². The number of carbonyl (C=O) groups is 1. The molecule has 8 heteroatoms. The average molecular weight is 616 g/mol. The first-order chi connectivity index (χ1) is 21.2. The number of rotatable bonds is 8. The highest BCUT2D eigenvalue weighted by Crippen LogP contribution is 2.44. The monoisotopic (exact) mass is 615 g/mol. The van der Waals surface area contributed by atoms with E-state index in [9.17, 15) is 9.18 Å². The van der Waals surface area contributed by atoms with Gasteiger partial charge in [0.1, 0.15) is 11.3 Å². The van der Waals surface area contributed by atoms with Crippen LogP contribution >= 0.6 is 11.6 Å². The molecule has 1 aliphatic heterocycles. The molecule has 0 bridgehead atoms. The average Bonchev–Trinajstić information content (AvgIpc) is 3.47. The van der Waals surface area contributed by atoms with E-state index in [1.54, 1.807) is 23.9 Å². The van der Waals surface area contributed by atoms with Gasteiger partial charge < -0.3 is 19.4 Å². The van der Waals surface area contributed by atoms with E-state index >= 15 is 0 Å². The van der Waals surface area contributed by atoms with Crippen LogP contribution in [0.1, 0.15) is 55.5 Å². The summed E-state index contributed by atoms with van der Waals surface area (Å²) in [6, 6.07) is 18.6. The summed E-state index contributed by atoms with van der Waals surface area (Å²) in [5, 5.41) is 1.59. The molecular formula is C36H39ClFN3O3. The first-order valence-corrected chi connectivity index (χ1v) is 15.7. The number of allylic oxidation sites excluding steroid dienone is 1. The third-order valence-electron chi connectivity index (χ3n) is 9.04. The van der Waals surface area contributed by atoms with Crippen molar-refractivity contribution in [1.29, 1.82) is 0 Å². The molecule has 44 heavy (non-hydrogen) atoms. The first kappa shape index (κ1) is 30.2. The van der Waals surface area contributed by atoms with Crippen molar-refractivity contribution in [3.63, 3.8) is 0 Å². The Kier molecular flexibility index (Phi) is 8.70. The van der Waals surface area contributed by atoms with Gasteiger partial charge in [-0.3, -0.25) is 4.90 Å². The van der Waals surface area contributed by atoms with Crippen molar-refractivity contribution in [2.24, 2.45) is 5.41 Å². The molecule has 1 aliphatic carbocycles. The minimum atomic E-state index is -0.530. The van der Waals surface area contributed by atoms with Gasteiger partial charge >= 0.3 is 5.97 Å². The van der Waals surface area contributed by atoms with Gasteiger partial charge in [-0.25, -0.2) is 9.18 Å². The molecule has 3 aromatic carbocycles. The van der Waals surface area contributed by atoms with E-state index in [1.165, 1.54) is 30.7 Å². The van der Waals surface area contributed by atoms with Crippen LogP contribution in [0.15, 0.2) is 72.4 Å². The molecule has 230 valence electrons. The third-order valence-corrected chi connectivity index (χ3v) is 9.29. The quantitative estimate of drug-likeness (QED) is 0.201. The van der Waals surface area contributed by atoms with Gasteiger partial charge in [0, 0.05) is 72.7 Å². The number of esters is 1. The zero-order valence-electron chi connectivity index (χ0n) is 25.6. The van der Waals surface area contributed by atoms with E-state index in [-0.39, 0.29) is 17.1 Å². The fraction of sp³-hybridized carbons (Fsp3) is 0.361. The molecule has 6 rings (SSSR count). The number of H-pyrrole nitrogens is 1. The molecule has 0 spiro atoms. The molecule has 1 N–H and O–H groups in total.